The van der Waals surface area contributed by atoms with Crippen LogP contribution >= 0.6 is 15.9 Å². The molecule has 3 atom stereocenters. The monoisotopic (exact) mass is 594 g/mol. The van der Waals surface area contributed by atoms with Crippen LogP contribution in [0.15, 0.2) is 76.0 Å². The van der Waals surface area contributed by atoms with Gasteiger partial charge >= 0.3 is 5.97 Å². The standard InChI is InChI=1S/C27H23BrN4O7/c1-37-16-10-7-14(8-11-16)22-21(28)23(34)30-27(29-22)31-32-24(35)17-5-3-4-6-18(17)26(36)39-25(32)15-9-12-20(38-2)19(33)13-15/h3-13,17-18,25,33H,1-2H3,(H2,29,30,31,34). The number of ether oxygens (including phenoxy) is 3. The van der Waals surface area contributed by atoms with Crippen molar-refractivity contribution in [1.82, 2.24) is 15.0 Å². The Bertz CT molecular complexity index is 1550. The number of fused-ring (bicyclic) bond motifs is 1. The minimum atomic E-state index is -1.31. The first-order valence-corrected chi connectivity index (χ1v) is 12.6. The first kappa shape index (κ1) is 26.0. The number of allylic oxidation sites excluding steroid dienone is 2. The van der Waals surface area contributed by atoms with E-state index in [0.29, 0.717) is 17.0 Å². The predicted octanol–water partition coefficient (Wildman–Crippen LogP) is 3.69. The maximum absolute atomic E-state index is 13.8. The van der Waals surface area contributed by atoms with Gasteiger partial charge in [-0.15, -0.1) is 0 Å². The Labute approximate surface area is 230 Å². The van der Waals surface area contributed by atoms with Gasteiger partial charge in [-0.1, -0.05) is 24.3 Å². The van der Waals surface area contributed by atoms with Crippen LogP contribution in [0.2, 0.25) is 0 Å². The summed E-state index contributed by atoms with van der Waals surface area (Å²) in [6.07, 6.45) is 5.23. The fourth-order valence-corrected chi connectivity index (χ4v) is 4.76. The third-order valence-electron chi connectivity index (χ3n) is 6.33. The molecule has 1 aromatic heterocycles. The molecule has 5 rings (SSSR count). The quantitative estimate of drug-likeness (QED) is 0.364. The zero-order valence-electron chi connectivity index (χ0n) is 20.8. The van der Waals surface area contributed by atoms with Gasteiger partial charge < -0.3 is 19.3 Å². The van der Waals surface area contributed by atoms with E-state index in [1.807, 2.05) is 0 Å². The maximum atomic E-state index is 13.8. The van der Waals surface area contributed by atoms with Gasteiger partial charge in [0.05, 0.1) is 31.7 Å². The summed E-state index contributed by atoms with van der Waals surface area (Å²) >= 11 is 3.29. The molecule has 2 heterocycles. The second kappa shape index (κ2) is 10.7. The van der Waals surface area contributed by atoms with E-state index in [-0.39, 0.29) is 27.5 Å². The van der Waals surface area contributed by atoms with Crippen molar-refractivity contribution in [3.05, 3.63) is 87.2 Å². The van der Waals surface area contributed by atoms with Crippen LogP contribution in [-0.2, 0) is 14.3 Å². The van der Waals surface area contributed by atoms with Crippen molar-refractivity contribution >= 4 is 33.8 Å². The van der Waals surface area contributed by atoms with Crippen molar-refractivity contribution in [2.24, 2.45) is 11.8 Å². The zero-order valence-corrected chi connectivity index (χ0v) is 22.3. The number of anilines is 1. The van der Waals surface area contributed by atoms with Gasteiger partial charge in [0.15, 0.2) is 11.5 Å². The van der Waals surface area contributed by atoms with Gasteiger partial charge in [-0.25, -0.2) is 9.99 Å². The number of hydrogen-bond donors (Lipinski definition) is 3. The number of nitrogens with one attached hydrogen (secondary N) is 2. The van der Waals surface area contributed by atoms with Gasteiger partial charge in [0.1, 0.15) is 10.2 Å². The number of halogens is 1. The van der Waals surface area contributed by atoms with E-state index in [4.69, 9.17) is 14.2 Å². The summed E-state index contributed by atoms with van der Waals surface area (Å²) in [6, 6.07) is 11.3. The molecule has 3 N–H and O–H groups in total. The maximum Gasteiger partial charge on any atom is 0.316 e. The van der Waals surface area contributed by atoms with Crippen LogP contribution in [0.5, 0.6) is 17.2 Å². The Balaban J connectivity index is 1.58. The summed E-state index contributed by atoms with van der Waals surface area (Å²) in [5.41, 5.74) is 3.54. The molecule has 39 heavy (non-hydrogen) atoms. The van der Waals surface area contributed by atoms with E-state index in [0.717, 1.165) is 5.01 Å². The second-order valence-corrected chi connectivity index (χ2v) is 9.46. The molecule has 11 nitrogen and oxygen atoms in total. The number of nitrogens with zero attached hydrogens (tertiary/aromatic N) is 2. The highest BCUT2D eigenvalue weighted by atomic mass is 79.9. The van der Waals surface area contributed by atoms with Crippen molar-refractivity contribution in [2.45, 2.75) is 6.23 Å². The Morgan fingerprint density at radius 2 is 1.74 bits per heavy atom. The van der Waals surface area contributed by atoms with Crippen LogP contribution in [0.1, 0.15) is 11.8 Å². The summed E-state index contributed by atoms with van der Waals surface area (Å²) in [4.78, 5) is 46.8. The van der Waals surface area contributed by atoms with Crippen molar-refractivity contribution in [1.29, 1.82) is 0 Å². The van der Waals surface area contributed by atoms with Crippen molar-refractivity contribution in [2.75, 3.05) is 19.6 Å². The highest BCUT2D eigenvalue weighted by Gasteiger charge is 2.44. The number of aromatic nitrogens is 2. The van der Waals surface area contributed by atoms with E-state index in [1.165, 1.54) is 19.2 Å². The zero-order chi connectivity index (χ0) is 27.7. The average Bonchev–Trinajstić information content (AvgIpc) is 3.05. The predicted molar refractivity (Wildman–Crippen MR) is 144 cm³/mol. The van der Waals surface area contributed by atoms with Gasteiger partial charge in [0.2, 0.25) is 12.2 Å². The lowest BCUT2D eigenvalue weighted by molar-refractivity contribution is -0.160. The Kier molecular flexibility index (Phi) is 7.11. The van der Waals surface area contributed by atoms with Crippen molar-refractivity contribution < 1.29 is 28.9 Å². The lowest BCUT2D eigenvalue weighted by atomic mass is 9.88. The summed E-state index contributed by atoms with van der Waals surface area (Å²) in [5.74, 6) is -2.31. The summed E-state index contributed by atoms with van der Waals surface area (Å²) < 4.78 is 16.3. The first-order chi connectivity index (χ1) is 18.8. The third kappa shape index (κ3) is 4.98. The van der Waals surface area contributed by atoms with E-state index in [9.17, 15) is 19.5 Å². The molecule has 3 unspecified atom stereocenters. The molecule has 2 aliphatic rings. The van der Waals surface area contributed by atoms with E-state index in [2.05, 4.69) is 31.3 Å². The number of phenolic OH excluding ortho intramolecular Hbond substituents is 1. The van der Waals surface area contributed by atoms with Gasteiger partial charge in [-0.3, -0.25) is 24.8 Å². The minimum absolute atomic E-state index is 0.0741. The number of methoxy groups -OCH3 is 2. The molecule has 1 fully saturated rings. The van der Waals surface area contributed by atoms with Gasteiger partial charge in [0, 0.05) is 11.1 Å². The molecule has 1 amide bonds. The highest BCUT2D eigenvalue weighted by molar-refractivity contribution is 9.10. The summed E-state index contributed by atoms with van der Waals surface area (Å²) in [5, 5.41) is 11.5. The number of H-pyrrole nitrogens is 1. The van der Waals surface area contributed by atoms with E-state index < -0.39 is 35.5 Å². The van der Waals surface area contributed by atoms with Crippen LogP contribution in [-0.4, -0.2) is 46.2 Å². The number of hydrogen-bond acceptors (Lipinski definition) is 9. The summed E-state index contributed by atoms with van der Waals surface area (Å²) in [7, 11) is 2.95. The number of amides is 1. The second-order valence-electron chi connectivity index (χ2n) is 8.67. The molecule has 200 valence electrons. The van der Waals surface area contributed by atoms with Gasteiger partial charge in [-0.2, -0.15) is 0 Å². The number of benzene rings is 2. The van der Waals surface area contributed by atoms with Crippen LogP contribution in [0.4, 0.5) is 5.95 Å². The molecule has 0 saturated carbocycles. The Morgan fingerprint density at radius 1 is 1.03 bits per heavy atom. The molecule has 2 aromatic carbocycles. The number of hydrazine groups is 1. The Hall–Kier alpha value is -4.58. The number of esters is 1. The topological polar surface area (TPSA) is 143 Å². The normalized spacial score (nSPS) is 20.2. The van der Waals surface area contributed by atoms with E-state index >= 15 is 0 Å². The first-order valence-electron chi connectivity index (χ1n) is 11.8. The van der Waals surface area contributed by atoms with Crippen LogP contribution in [0.3, 0.4) is 0 Å². The number of rotatable bonds is 6. The molecule has 1 saturated heterocycles. The Morgan fingerprint density at radius 3 is 2.41 bits per heavy atom. The minimum Gasteiger partial charge on any atom is -0.504 e. The smallest absolute Gasteiger partial charge is 0.316 e. The largest absolute Gasteiger partial charge is 0.504 e. The molecular weight excluding hydrogens is 572 g/mol. The lowest BCUT2D eigenvalue weighted by Gasteiger charge is -2.30. The van der Waals surface area contributed by atoms with Crippen LogP contribution in [0.25, 0.3) is 11.3 Å². The lowest BCUT2D eigenvalue weighted by Crippen LogP contribution is -2.43. The molecule has 12 heteroatoms. The average molecular weight is 595 g/mol. The molecule has 1 aliphatic heterocycles. The van der Waals surface area contributed by atoms with Crippen molar-refractivity contribution in [3.63, 3.8) is 0 Å². The SMILES string of the molecule is COc1ccc(-c2nc(NN3C(=O)C4C=CC=CC4C(=O)OC3c3ccc(OC)c(O)c3)[nH]c(=O)c2Br)cc1. The molecule has 0 bridgehead atoms. The highest BCUT2D eigenvalue weighted by Crippen LogP contribution is 2.37. The number of cyclic esters (lactones) is 1. The number of aromatic amines is 1. The number of aromatic hydroxyl groups is 1. The summed E-state index contributed by atoms with van der Waals surface area (Å²) in [6.45, 7) is 0. The molecule has 1 aliphatic carbocycles. The van der Waals surface area contributed by atoms with Gasteiger partial charge in [-0.05, 0) is 58.4 Å². The van der Waals surface area contributed by atoms with Gasteiger partial charge in [0.25, 0.3) is 11.5 Å². The third-order valence-corrected chi connectivity index (χ3v) is 7.07. The van der Waals surface area contributed by atoms with E-state index in [1.54, 1.807) is 61.7 Å². The molecule has 0 spiro atoms. The fraction of sp³-hybridized carbons (Fsp3) is 0.185. The fourth-order valence-electron chi connectivity index (χ4n) is 4.34. The molecular formula is C27H23BrN4O7. The number of carbonyl (C=O) groups is 2. The molecule has 0 radical (unpaired) electrons. The number of carbonyl (C=O) groups excluding carboxylic acids is 2. The molecule has 3 aromatic rings. The number of phenols is 1. The van der Waals surface area contributed by atoms with Crippen molar-refractivity contribution in [3.8, 4) is 28.5 Å². The van der Waals surface area contributed by atoms with Crippen LogP contribution in [0, 0.1) is 11.8 Å². The van der Waals surface area contributed by atoms with Crippen LogP contribution < -0.4 is 20.5 Å².